The molecule has 3 aromatic rings. The summed E-state index contributed by atoms with van der Waals surface area (Å²) in [7, 11) is 1.72. The molecular weight excluding hydrogens is 576 g/mol. The van der Waals surface area contributed by atoms with E-state index in [1.807, 2.05) is 60.7 Å². The van der Waals surface area contributed by atoms with Crippen molar-refractivity contribution < 1.29 is 19.1 Å². The average Bonchev–Trinajstić information content (AvgIpc) is 3.10. The monoisotopic (exact) mass is 622 g/mol. The van der Waals surface area contributed by atoms with Crippen LogP contribution in [-0.2, 0) is 40.4 Å². The average molecular weight is 623 g/mol. The maximum absolute atomic E-state index is 14.6. The Morgan fingerprint density at radius 2 is 1.65 bits per heavy atom. The van der Waals surface area contributed by atoms with Crippen molar-refractivity contribution in [2.24, 2.45) is 5.92 Å². The summed E-state index contributed by atoms with van der Waals surface area (Å²) in [5.74, 6) is 0.233. The van der Waals surface area contributed by atoms with Crippen LogP contribution in [0, 0.1) is 5.92 Å². The molecule has 0 spiro atoms. The molecule has 8 nitrogen and oxygen atoms in total. The number of nitrogens with zero attached hydrogens (tertiary/aromatic N) is 1. The third-order valence-corrected chi connectivity index (χ3v) is 9.87. The van der Waals surface area contributed by atoms with E-state index in [4.69, 9.17) is 4.74 Å². The van der Waals surface area contributed by atoms with Crippen molar-refractivity contribution in [2.45, 2.75) is 89.1 Å². The maximum Gasteiger partial charge on any atom is 0.246 e. The van der Waals surface area contributed by atoms with E-state index in [0.717, 1.165) is 79.4 Å². The van der Waals surface area contributed by atoms with Gasteiger partial charge in [0.25, 0.3) is 0 Å². The molecule has 1 aliphatic heterocycles. The number of amides is 3. The molecule has 3 atom stereocenters. The number of hydrogen-bond donors (Lipinski definition) is 3. The highest BCUT2D eigenvalue weighted by Gasteiger charge is 2.41. The van der Waals surface area contributed by atoms with Crippen molar-refractivity contribution in [2.75, 3.05) is 13.6 Å². The summed E-state index contributed by atoms with van der Waals surface area (Å²) in [6.45, 7) is 0.852. The summed E-state index contributed by atoms with van der Waals surface area (Å²) in [5.41, 5.74) is 5.51. The van der Waals surface area contributed by atoms with Gasteiger partial charge in [-0.25, -0.2) is 0 Å². The van der Waals surface area contributed by atoms with E-state index < -0.39 is 12.1 Å². The largest absolute Gasteiger partial charge is 0.489 e. The number of ether oxygens (including phenoxy) is 1. The molecule has 0 bridgehead atoms. The van der Waals surface area contributed by atoms with E-state index >= 15 is 0 Å². The van der Waals surface area contributed by atoms with Crippen LogP contribution in [0.3, 0.4) is 0 Å². The molecule has 3 unspecified atom stereocenters. The topological polar surface area (TPSA) is 99.8 Å². The molecule has 0 aromatic heterocycles. The maximum atomic E-state index is 14.6. The Labute approximate surface area is 272 Å². The first-order valence-corrected chi connectivity index (χ1v) is 16.9. The van der Waals surface area contributed by atoms with Crippen molar-refractivity contribution in [3.63, 3.8) is 0 Å². The Morgan fingerprint density at radius 3 is 2.46 bits per heavy atom. The molecule has 6 rings (SSSR count). The zero-order valence-electron chi connectivity index (χ0n) is 26.8. The number of aryl methyl sites for hydroxylation is 1. The van der Waals surface area contributed by atoms with Gasteiger partial charge in [-0.1, -0.05) is 79.9 Å². The normalized spacial score (nSPS) is 20.2. The molecule has 2 aliphatic carbocycles. The zero-order chi connectivity index (χ0) is 31.9. The van der Waals surface area contributed by atoms with Crippen LogP contribution >= 0.6 is 0 Å². The highest BCUT2D eigenvalue weighted by molar-refractivity contribution is 5.93. The lowest BCUT2D eigenvalue weighted by Crippen LogP contribution is -2.60. The lowest BCUT2D eigenvalue weighted by molar-refractivity contribution is -0.146. The molecule has 3 aromatic carbocycles. The fourth-order valence-electron chi connectivity index (χ4n) is 7.44. The minimum absolute atomic E-state index is 0.0397. The highest BCUT2D eigenvalue weighted by atomic mass is 16.5. The van der Waals surface area contributed by atoms with Crippen LogP contribution in [0.1, 0.15) is 78.8 Å². The first kappa shape index (κ1) is 31.8. The van der Waals surface area contributed by atoms with Gasteiger partial charge in [0, 0.05) is 13.0 Å². The Kier molecular flexibility index (Phi) is 10.3. The standard InChI is InChI=1S/C38H46N4O4/c1-39-23-35(43)41-36(28-14-6-3-7-15-28)38(45)42-24-30-21-31(46-25-26-11-4-2-5-12-26)20-19-29(30)22-34(42)37(44)40-33-18-10-16-27-13-8-9-17-32(27)33/h2,4-5,8-9,11-13,17,19-21,28,33-34,36,39H,3,6-7,10,14-16,18,22-25H2,1H3,(H,40,44)(H,41,43). The molecule has 3 amide bonds. The van der Waals surface area contributed by atoms with Crippen LogP contribution in [0.5, 0.6) is 5.75 Å². The molecule has 1 fully saturated rings. The van der Waals surface area contributed by atoms with Gasteiger partial charge in [-0.05, 0) is 85.0 Å². The van der Waals surface area contributed by atoms with Crippen LogP contribution in [-0.4, -0.2) is 48.3 Å². The lowest BCUT2D eigenvalue weighted by atomic mass is 9.82. The number of likely N-dealkylation sites (N-methyl/N-ethyl adjacent to an activating group) is 1. The molecule has 242 valence electrons. The lowest BCUT2D eigenvalue weighted by Gasteiger charge is -2.41. The predicted molar refractivity (Wildman–Crippen MR) is 178 cm³/mol. The van der Waals surface area contributed by atoms with Crippen molar-refractivity contribution in [3.8, 4) is 5.75 Å². The Hall–Kier alpha value is -4.17. The first-order valence-electron chi connectivity index (χ1n) is 16.9. The zero-order valence-corrected chi connectivity index (χ0v) is 26.8. The molecule has 1 saturated carbocycles. The van der Waals surface area contributed by atoms with E-state index in [0.29, 0.717) is 13.0 Å². The third-order valence-electron chi connectivity index (χ3n) is 9.87. The summed E-state index contributed by atoms with van der Waals surface area (Å²) in [6, 6.07) is 22.9. The number of carbonyl (C=O) groups excluding carboxylic acids is 3. The number of hydrogen-bond acceptors (Lipinski definition) is 5. The first-order chi connectivity index (χ1) is 22.5. The summed E-state index contributed by atoms with van der Waals surface area (Å²) in [6.07, 6.45) is 8.26. The Balaban J connectivity index is 1.28. The van der Waals surface area contributed by atoms with Crippen molar-refractivity contribution in [1.82, 2.24) is 20.9 Å². The SMILES string of the molecule is CNCC(=O)NC(C(=O)N1Cc2cc(OCc3ccccc3)ccc2CC1C(=O)NC1CCCc2ccccc21)C1CCCCC1. The summed E-state index contributed by atoms with van der Waals surface area (Å²) < 4.78 is 6.14. The van der Waals surface area contributed by atoms with Crippen LogP contribution in [0.15, 0.2) is 72.8 Å². The number of nitrogens with one attached hydrogen (secondary N) is 3. The van der Waals surface area contributed by atoms with Gasteiger partial charge in [0.05, 0.1) is 12.6 Å². The minimum Gasteiger partial charge on any atom is -0.489 e. The van der Waals surface area contributed by atoms with Crippen LogP contribution in [0.2, 0.25) is 0 Å². The van der Waals surface area contributed by atoms with Crippen molar-refractivity contribution in [1.29, 1.82) is 0 Å². The van der Waals surface area contributed by atoms with Gasteiger partial charge in [0.2, 0.25) is 17.7 Å². The smallest absolute Gasteiger partial charge is 0.246 e. The Bertz CT molecular complexity index is 1520. The number of fused-ring (bicyclic) bond motifs is 2. The minimum atomic E-state index is -0.683. The predicted octanol–water partition coefficient (Wildman–Crippen LogP) is 5.00. The second-order valence-electron chi connectivity index (χ2n) is 13.0. The number of carbonyl (C=O) groups is 3. The van der Waals surface area contributed by atoms with Gasteiger partial charge < -0.3 is 25.6 Å². The van der Waals surface area contributed by atoms with E-state index in [2.05, 4.69) is 28.1 Å². The summed E-state index contributed by atoms with van der Waals surface area (Å²) in [4.78, 5) is 43.4. The van der Waals surface area contributed by atoms with Gasteiger partial charge >= 0.3 is 0 Å². The molecule has 0 radical (unpaired) electrons. The van der Waals surface area contributed by atoms with Crippen molar-refractivity contribution in [3.05, 3.63) is 101 Å². The fourth-order valence-corrected chi connectivity index (χ4v) is 7.44. The Morgan fingerprint density at radius 1 is 0.870 bits per heavy atom. The molecule has 3 aliphatic rings. The fraction of sp³-hybridized carbons (Fsp3) is 0.447. The van der Waals surface area contributed by atoms with Crippen LogP contribution in [0.4, 0.5) is 0 Å². The second kappa shape index (κ2) is 14.9. The van der Waals surface area contributed by atoms with Crippen LogP contribution < -0.4 is 20.7 Å². The van der Waals surface area contributed by atoms with Gasteiger partial charge in [0.1, 0.15) is 24.4 Å². The summed E-state index contributed by atoms with van der Waals surface area (Å²) in [5, 5.41) is 9.30. The van der Waals surface area contributed by atoms with Crippen molar-refractivity contribution >= 4 is 17.7 Å². The van der Waals surface area contributed by atoms with E-state index in [1.54, 1.807) is 11.9 Å². The van der Waals surface area contributed by atoms with E-state index in [9.17, 15) is 14.4 Å². The third kappa shape index (κ3) is 7.44. The quantitative estimate of drug-likeness (QED) is 0.296. The molecule has 3 N–H and O–H groups in total. The molecule has 8 heteroatoms. The van der Waals surface area contributed by atoms with Crippen LogP contribution in [0.25, 0.3) is 0 Å². The summed E-state index contributed by atoms with van der Waals surface area (Å²) >= 11 is 0. The van der Waals surface area contributed by atoms with Gasteiger partial charge in [-0.2, -0.15) is 0 Å². The van der Waals surface area contributed by atoms with Gasteiger partial charge in [0.15, 0.2) is 0 Å². The molecular formula is C38H46N4O4. The molecule has 46 heavy (non-hydrogen) atoms. The highest BCUT2D eigenvalue weighted by Crippen LogP contribution is 2.34. The molecule has 0 saturated heterocycles. The van der Waals surface area contributed by atoms with E-state index in [-0.39, 0.29) is 42.8 Å². The number of rotatable bonds is 10. The van der Waals surface area contributed by atoms with Gasteiger partial charge in [-0.15, -0.1) is 0 Å². The second-order valence-corrected chi connectivity index (χ2v) is 13.0. The van der Waals surface area contributed by atoms with E-state index in [1.165, 1.54) is 5.56 Å². The number of benzene rings is 3. The molecule has 1 heterocycles. The van der Waals surface area contributed by atoms with Gasteiger partial charge in [-0.3, -0.25) is 14.4 Å².